The molecule has 1 heterocycles. The highest BCUT2D eigenvalue weighted by molar-refractivity contribution is 7.09. The Kier molecular flexibility index (Phi) is 4.05. The normalized spacial score (nSPS) is 12.1. The summed E-state index contributed by atoms with van der Waals surface area (Å²) >= 11 is 1.72. The molecule has 0 aliphatic heterocycles. The van der Waals surface area contributed by atoms with Gasteiger partial charge in [0.2, 0.25) is 0 Å². The summed E-state index contributed by atoms with van der Waals surface area (Å²) in [6.07, 6.45) is 1.50. The van der Waals surface area contributed by atoms with Crippen molar-refractivity contribution in [2.75, 3.05) is 14.1 Å². The van der Waals surface area contributed by atoms with Crippen molar-refractivity contribution in [3.05, 3.63) is 22.4 Å². The van der Waals surface area contributed by atoms with Crippen LogP contribution in [-0.4, -0.2) is 30.3 Å². The number of hydrogen-bond donors (Lipinski definition) is 0. The average Bonchev–Trinajstić information content (AvgIpc) is 2.66. The van der Waals surface area contributed by atoms with E-state index in [1.54, 1.807) is 11.3 Å². The standard InChI is InChI=1S/C12H19NOS/c1-12(2,13(3)4)11(14)8-7-10-6-5-9-15-10/h5-6,9H,7-8H2,1-4H3. The fourth-order valence-corrected chi connectivity index (χ4v) is 1.96. The van der Waals surface area contributed by atoms with Crippen LogP contribution in [0, 0.1) is 0 Å². The van der Waals surface area contributed by atoms with Gasteiger partial charge in [-0.05, 0) is 45.8 Å². The van der Waals surface area contributed by atoms with Crippen LogP contribution in [0.25, 0.3) is 0 Å². The summed E-state index contributed by atoms with van der Waals surface area (Å²) in [5, 5.41) is 2.05. The van der Waals surface area contributed by atoms with Gasteiger partial charge >= 0.3 is 0 Å². The number of rotatable bonds is 5. The van der Waals surface area contributed by atoms with Crippen molar-refractivity contribution in [3.63, 3.8) is 0 Å². The van der Waals surface area contributed by atoms with Crippen molar-refractivity contribution in [3.8, 4) is 0 Å². The van der Waals surface area contributed by atoms with Gasteiger partial charge in [0.15, 0.2) is 5.78 Å². The lowest BCUT2D eigenvalue weighted by Gasteiger charge is -2.30. The van der Waals surface area contributed by atoms with E-state index in [0.717, 1.165) is 6.42 Å². The summed E-state index contributed by atoms with van der Waals surface area (Å²) in [7, 11) is 3.89. The van der Waals surface area contributed by atoms with Gasteiger partial charge in [0, 0.05) is 11.3 Å². The summed E-state index contributed by atoms with van der Waals surface area (Å²) in [4.78, 5) is 15.2. The van der Waals surface area contributed by atoms with Gasteiger partial charge in [0.05, 0.1) is 5.54 Å². The van der Waals surface area contributed by atoms with E-state index in [0.29, 0.717) is 12.2 Å². The van der Waals surface area contributed by atoms with Crippen molar-refractivity contribution in [1.29, 1.82) is 0 Å². The molecule has 0 saturated carbocycles. The van der Waals surface area contributed by atoms with E-state index in [4.69, 9.17) is 0 Å². The molecule has 0 bridgehead atoms. The minimum atomic E-state index is -0.350. The maximum atomic E-state index is 12.0. The van der Waals surface area contributed by atoms with Crippen molar-refractivity contribution >= 4 is 17.1 Å². The molecule has 3 heteroatoms. The van der Waals surface area contributed by atoms with Gasteiger partial charge in [-0.15, -0.1) is 11.3 Å². The first-order valence-corrected chi connectivity index (χ1v) is 6.05. The molecule has 2 nitrogen and oxygen atoms in total. The highest BCUT2D eigenvalue weighted by Gasteiger charge is 2.28. The number of nitrogens with zero attached hydrogens (tertiary/aromatic N) is 1. The van der Waals surface area contributed by atoms with E-state index in [1.807, 2.05) is 38.9 Å². The molecule has 0 amide bonds. The summed E-state index contributed by atoms with van der Waals surface area (Å²) in [6.45, 7) is 3.95. The first kappa shape index (κ1) is 12.4. The van der Waals surface area contributed by atoms with Gasteiger partial charge in [-0.1, -0.05) is 6.07 Å². The van der Waals surface area contributed by atoms with E-state index >= 15 is 0 Å². The maximum Gasteiger partial charge on any atom is 0.152 e. The molecule has 0 radical (unpaired) electrons. The quantitative estimate of drug-likeness (QED) is 0.767. The lowest BCUT2D eigenvalue weighted by Crippen LogP contribution is -2.45. The van der Waals surface area contributed by atoms with Gasteiger partial charge in [0.25, 0.3) is 0 Å². The molecule has 0 aromatic carbocycles. The van der Waals surface area contributed by atoms with Crippen molar-refractivity contribution in [1.82, 2.24) is 4.90 Å². The zero-order valence-electron chi connectivity index (χ0n) is 9.91. The Morgan fingerprint density at radius 2 is 2.13 bits per heavy atom. The Bertz CT molecular complexity index is 314. The monoisotopic (exact) mass is 225 g/mol. The topological polar surface area (TPSA) is 20.3 Å². The highest BCUT2D eigenvalue weighted by Crippen LogP contribution is 2.17. The van der Waals surface area contributed by atoms with Crippen LogP contribution in [0.5, 0.6) is 0 Å². The van der Waals surface area contributed by atoms with Gasteiger partial charge in [-0.2, -0.15) is 0 Å². The van der Waals surface area contributed by atoms with Gasteiger partial charge in [0.1, 0.15) is 0 Å². The van der Waals surface area contributed by atoms with Crippen LogP contribution >= 0.6 is 11.3 Å². The van der Waals surface area contributed by atoms with Gasteiger partial charge in [-0.3, -0.25) is 9.69 Å². The van der Waals surface area contributed by atoms with Crippen molar-refractivity contribution in [2.45, 2.75) is 32.2 Å². The fraction of sp³-hybridized carbons (Fsp3) is 0.583. The zero-order valence-corrected chi connectivity index (χ0v) is 10.7. The fourth-order valence-electron chi connectivity index (χ4n) is 1.25. The van der Waals surface area contributed by atoms with Crippen LogP contribution in [0.4, 0.5) is 0 Å². The summed E-state index contributed by atoms with van der Waals surface area (Å²) in [5.41, 5.74) is -0.350. The first-order chi connectivity index (χ1) is 6.94. The number of hydrogen-bond acceptors (Lipinski definition) is 3. The number of thiophene rings is 1. The van der Waals surface area contributed by atoms with E-state index < -0.39 is 0 Å². The molecule has 1 rings (SSSR count). The molecular weight excluding hydrogens is 206 g/mol. The second-order valence-corrected chi connectivity index (χ2v) is 5.49. The van der Waals surface area contributed by atoms with Crippen LogP contribution < -0.4 is 0 Å². The number of ketones is 1. The molecular formula is C12H19NOS. The molecule has 84 valence electrons. The van der Waals surface area contributed by atoms with Gasteiger partial charge in [-0.25, -0.2) is 0 Å². The summed E-state index contributed by atoms with van der Waals surface area (Å²) in [5.74, 6) is 0.306. The summed E-state index contributed by atoms with van der Waals surface area (Å²) < 4.78 is 0. The Hall–Kier alpha value is -0.670. The number of carbonyl (C=O) groups excluding carboxylic acids is 1. The molecule has 1 aromatic heterocycles. The molecule has 1 aromatic rings. The molecule has 0 aliphatic carbocycles. The largest absolute Gasteiger partial charge is 0.298 e. The zero-order chi connectivity index (χ0) is 11.5. The Morgan fingerprint density at radius 3 is 2.60 bits per heavy atom. The first-order valence-electron chi connectivity index (χ1n) is 5.17. The van der Waals surface area contributed by atoms with E-state index in [2.05, 4.69) is 11.4 Å². The smallest absolute Gasteiger partial charge is 0.152 e. The van der Waals surface area contributed by atoms with E-state index in [-0.39, 0.29) is 5.54 Å². The van der Waals surface area contributed by atoms with Crippen LogP contribution in [0.15, 0.2) is 17.5 Å². The third-order valence-corrected chi connectivity index (χ3v) is 3.92. The SMILES string of the molecule is CN(C)C(C)(C)C(=O)CCc1cccs1. The van der Waals surface area contributed by atoms with Crippen LogP contribution in [-0.2, 0) is 11.2 Å². The highest BCUT2D eigenvalue weighted by atomic mass is 32.1. The lowest BCUT2D eigenvalue weighted by molar-refractivity contribution is -0.127. The van der Waals surface area contributed by atoms with Crippen LogP contribution in [0.3, 0.4) is 0 Å². The summed E-state index contributed by atoms with van der Waals surface area (Å²) in [6, 6.07) is 4.11. The molecule has 0 fully saturated rings. The second-order valence-electron chi connectivity index (χ2n) is 4.46. The molecule has 0 spiro atoms. The molecule has 0 atom stereocenters. The third-order valence-electron chi connectivity index (χ3n) is 2.98. The predicted molar refractivity (Wildman–Crippen MR) is 65.4 cm³/mol. The third kappa shape index (κ3) is 3.14. The number of carbonyl (C=O) groups is 1. The minimum absolute atomic E-state index is 0.306. The van der Waals surface area contributed by atoms with Gasteiger partial charge < -0.3 is 0 Å². The number of likely N-dealkylation sites (N-methyl/N-ethyl adjacent to an activating group) is 1. The van der Waals surface area contributed by atoms with Crippen LogP contribution in [0.2, 0.25) is 0 Å². The van der Waals surface area contributed by atoms with Crippen molar-refractivity contribution < 1.29 is 4.79 Å². The molecule has 0 N–H and O–H groups in total. The average molecular weight is 225 g/mol. The van der Waals surface area contributed by atoms with Crippen molar-refractivity contribution in [2.24, 2.45) is 0 Å². The molecule has 0 aliphatic rings. The molecule has 0 saturated heterocycles. The molecule has 0 unspecified atom stereocenters. The van der Waals surface area contributed by atoms with Crippen LogP contribution in [0.1, 0.15) is 25.1 Å². The molecule has 15 heavy (non-hydrogen) atoms. The minimum Gasteiger partial charge on any atom is -0.298 e. The second kappa shape index (κ2) is 4.90. The number of Topliss-reactive ketones (excluding diaryl/α,β-unsaturated/α-hetero) is 1. The van der Waals surface area contributed by atoms with E-state index in [9.17, 15) is 4.79 Å². The lowest BCUT2D eigenvalue weighted by atomic mass is 9.94. The Labute approximate surface area is 95.9 Å². The Balaban J connectivity index is 2.49. The predicted octanol–water partition coefficient (Wildman–Crippen LogP) is 2.59. The maximum absolute atomic E-state index is 12.0. The Morgan fingerprint density at radius 1 is 1.47 bits per heavy atom. The van der Waals surface area contributed by atoms with E-state index in [1.165, 1.54) is 4.88 Å². The number of aryl methyl sites for hydroxylation is 1.